The molecule has 0 spiro atoms. The van der Waals surface area contributed by atoms with Crippen molar-refractivity contribution in [3.8, 4) is 11.4 Å². The van der Waals surface area contributed by atoms with Gasteiger partial charge in [-0.1, -0.05) is 47.8 Å². The molecule has 4 rings (SSSR count). The molecule has 0 saturated carbocycles. The smallest absolute Gasteiger partial charge is 0.242 e. The highest BCUT2D eigenvalue weighted by atomic mass is 16.5. The second-order valence-electron chi connectivity index (χ2n) is 8.51. The van der Waals surface area contributed by atoms with E-state index >= 15 is 0 Å². The highest BCUT2D eigenvalue weighted by Crippen LogP contribution is 2.18. The van der Waals surface area contributed by atoms with Crippen molar-refractivity contribution in [2.75, 3.05) is 39.3 Å². The van der Waals surface area contributed by atoms with E-state index in [1.165, 1.54) is 5.56 Å². The van der Waals surface area contributed by atoms with Crippen LogP contribution in [0.5, 0.6) is 0 Å². The van der Waals surface area contributed by atoms with Gasteiger partial charge in [0.25, 0.3) is 0 Å². The van der Waals surface area contributed by atoms with Crippen molar-refractivity contribution in [2.24, 2.45) is 0 Å². The average Bonchev–Trinajstić information content (AvgIpc) is 3.23. The molecule has 31 heavy (non-hydrogen) atoms. The van der Waals surface area contributed by atoms with Crippen LogP contribution in [0.2, 0.25) is 0 Å². The van der Waals surface area contributed by atoms with Gasteiger partial charge in [0.05, 0.1) is 13.1 Å². The molecule has 0 radical (unpaired) electrons. The van der Waals surface area contributed by atoms with Crippen LogP contribution in [0.3, 0.4) is 0 Å². The zero-order chi connectivity index (χ0) is 21.6. The predicted molar refractivity (Wildman–Crippen MR) is 116 cm³/mol. The van der Waals surface area contributed by atoms with Crippen LogP contribution in [-0.4, -0.2) is 75.9 Å². The number of hydrogen-bond donors (Lipinski definition) is 0. The van der Waals surface area contributed by atoms with Gasteiger partial charge in [-0.25, -0.2) is 0 Å². The Morgan fingerprint density at radius 1 is 1.00 bits per heavy atom. The van der Waals surface area contributed by atoms with Crippen LogP contribution in [-0.2, 0) is 16.1 Å². The number of carbonyl (C=O) groups excluding carboxylic acids is 2. The molecule has 8 nitrogen and oxygen atoms in total. The highest BCUT2D eigenvalue weighted by Gasteiger charge is 2.25. The van der Waals surface area contributed by atoms with E-state index < -0.39 is 0 Å². The Balaban J connectivity index is 1.25. The van der Waals surface area contributed by atoms with Crippen LogP contribution in [0.1, 0.15) is 43.6 Å². The minimum Gasteiger partial charge on any atom is -0.339 e. The largest absolute Gasteiger partial charge is 0.339 e. The Morgan fingerprint density at radius 3 is 2.52 bits per heavy atom. The van der Waals surface area contributed by atoms with Crippen molar-refractivity contribution >= 4 is 11.8 Å². The third kappa shape index (κ3) is 5.70. The normalized spacial score (nSPS) is 18.7. The number of rotatable bonds is 5. The number of piperazine rings is 1. The summed E-state index contributed by atoms with van der Waals surface area (Å²) in [6.07, 6.45) is 4.74. The molecule has 2 fully saturated rings. The molecule has 0 N–H and O–H groups in total. The number of benzene rings is 1. The summed E-state index contributed by atoms with van der Waals surface area (Å²) < 4.78 is 5.43. The molecule has 1 aromatic heterocycles. The number of aromatic nitrogens is 2. The summed E-state index contributed by atoms with van der Waals surface area (Å²) in [6.45, 7) is 6.34. The number of aryl methyl sites for hydroxylation is 1. The van der Waals surface area contributed by atoms with Crippen molar-refractivity contribution in [3.05, 3.63) is 35.7 Å². The van der Waals surface area contributed by atoms with Crippen molar-refractivity contribution < 1.29 is 14.1 Å². The summed E-state index contributed by atoms with van der Waals surface area (Å²) >= 11 is 0. The van der Waals surface area contributed by atoms with Crippen molar-refractivity contribution in [1.29, 1.82) is 0 Å². The molecular formula is C23H31N5O3. The molecule has 1 aromatic carbocycles. The Kier molecular flexibility index (Phi) is 6.96. The minimum atomic E-state index is 0.0491. The first-order chi connectivity index (χ1) is 15.1. The number of likely N-dealkylation sites (tertiary alicyclic amines) is 1. The lowest BCUT2D eigenvalue weighted by Gasteiger charge is -2.35. The number of amides is 2. The van der Waals surface area contributed by atoms with Crippen molar-refractivity contribution in [3.63, 3.8) is 0 Å². The van der Waals surface area contributed by atoms with E-state index in [0.717, 1.165) is 44.3 Å². The van der Waals surface area contributed by atoms with Crippen LogP contribution >= 0.6 is 0 Å². The Hall–Kier alpha value is -2.74. The molecule has 8 heteroatoms. The standard InChI is InChI=1S/C23H31N5O3/c1-18-7-9-19(10-8-18)23-24-20(31-25-23)16-26-12-14-27(15-13-26)22(30)17-28-11-5-3-2-4-6-21(28)29/h7-10H,2-6,11-17H2,1H3. The van der Waals surface area contributed by atoms with E-state index in [4.69, 9.17) is 4.52 Å². The maximum absolute atomic E-state index is 12.7. The third-order valence-corrected chi connectivity index (χ3v) is 6.11. The molecule has 3 heterocycles. The molecule has 2 aliphatic heterocycles. The summed E-state index contributed by atoms with van der Waals surface area (Å²) in [5.41, 5.74) is 2.13. The van der Waals surface area contributed by atoms with Gasteiger partial charge in [0.2, 0.25) is 23.5 Å². The van der Waals surface area contributed by atoms with E-state index in [0.29, 0.717) is 44.3 Å². The van der Waals surface area contributed by atoms with E-state index in [1.54, 1.807) is 4.90 Å². The van der Waals surface area contributed by atoms with Crippen LogP contribution in [0, 0.1) is 6.92 Å². The second-order valence-corrected chi connectivity index (χ2v) is 8.51. The molecule has 2 amide bonds. The second kappa shape index (κ2) is 10.0. The van der Waals surface area contributed by atoms with Crippen LogP contribution < -0.4 is 0 Å². The van der Waals surface area contributed by atoms with Crippen LogP contribution in [0.25, 0.3) is 11.4 Å². The van der Waals surface area contributed by atoms with Gasteiger partial charge in [-0.05, 0) is 19.8 Å². The lowest BCUT2D eigenvalue weighted by atomic mass is 10.1. The quantitative estimate of drug-likeness (QED) is 0.732. The summed E-state index contributed by atoms with van der Waals surface area (Å²) in [6, 6.07) is 8.04. The fraction of sp³-hybridized carbons (Fsp3) is 0.565. The average molecular weight is 426 g/mol. The maximum Gasteiger partial charge on any atom is 0.242 e. The zero-order valence-corrected chi connectivity index (χ0v) is 18.3. The van der Waals surface area contributed by atoms with E-state index in [2.05, 4.69) is 15.0 Å². The highest BCUT2D eigenvalue weighted by molar-refractivity contribution is 5.85. The number of carbonyl (C=O) groups is 2. The predicted octanol–water partition coefficient (Wildman–Crippen LogP) is 2.48. The third-order valence-electron chi connectivity index (χ3n) is 6.11. The van der Waals surface area contributed by atoms with Gasteiger partial charge in [-0.3, -0.25) is 14.5 Å². The lowest BCUT2D eigenvalue weighted by Crippen LogP contribution is -2.51. The summed E-state index contributed by atoms with van der Waals surface area (Å²) in [4.78, 5) is 35.4. The molecular weight excluding hydrogens is 394 g/mol. The molecule has 0 atom stereocenters. The Morgan fingerprint density at radius 2 is 1.74 bits per heavy atom. The van der Waals surface area contributed by atoms with Gasteiger partial charge in [0, 0.05) is 44.7 Å². The number of hydrogen-bond acceptors (Lipinski definition) is 6. The molecule has 2 saturated heterocycles. The fourth-order valence-corrected chi connectivity index (χ4v) is 4.13. The Labute approximate surface area is 183 Å². The fourth-order valence-electron chi connectivity index (χ4n) is 4.13. The topological polar surface area (TPSA) is 82.8 Å². The lowest BCUT2D eigenvalue weighted by molar-refractivity contribution is -0.142. The van der Waals surface area contributed by atoms with Gasteiger partial charge in [0.1, 0.15) is 0 Å². The van der Waals surface area contributed by atoms with Gasteiger partial charge in [0.15, 0.2) is 0 Å². The first-order valence-electron chi connectivity index (χ1n) is 11.3. The SMILES string of the molecule is Cc1ccc(-c2noc(CN3CCN(C(=O)CN4CCCCCCC4=O)CC3)n2)cc1. The van der Waals surface area contributed by atoms with Crippen molar-refractivity contribution in [2.45, 2.75) is 45.6 Å². The Bertz CT molecular complexity index is 887. The van der Waals surface area contributed by atoms with Gasteiger partial charge in [-0.2, -0.15) is 4.98 Å². The van der Waals surface area contributed by atoms with Gasteiger partial charge in [-0.15, -0.1) is 0 Å². The molecule has 166 valence electrons. The maximum atomic E-state index is 12.7. The van der Waals surface area contributed by atoms with E-state index in [-0.39, 0.29) is 18.4 Å². The van der Waals surface area contributed by atoms with Crippen LogP contribution in [0.15, 0.2) is 28.8 Å². The van der Waals surface area contributed by atoms with Gasteiger partial charge < -0.3 is 14.3 Å². The first-order valence-corrected chi connectivity index (χ1v) is 11.3. The summed E-state index contributed by atoms with van der Waals surface area (Å²) in [5, 5.41) is 4.10. The molecule has 0 aliphatic carbocycles. The monoisotopic (exact) mass is 425 g/mol. The van der Waals surface area contributed by atoms with E-state index in [9.17, 15) is 9.59 Å². The summed E-state index contributed by atoms with van der Waals surface area (Å²) in [7, 11) is 0. The van der Waals surface area contributed by atoms with Crippen LogP contribution in [0.4, 0.5) is 0 Å². The van der Waals surface area contributed by atoms with Crippen molar-refractivity contribution in [1.82, 2.24) is 24.8 Å². The molecule has 2 aliphatic rings. The summed E-state index contributed by atoms with van der Waals surface area (Å²) in [5.74, 6) is 1.35. The minimum absolute atomic E-state index is 0.0491. The first kappa shape index (κ1) is 21.5. The number of nitrogens with zero attached hydrogens (tertiary/aromatic N) is 5. The zero-order valence-electron chi connectivity index (χ0n) is 18.3. The molecule has 0 bridgehead atoms. The molecule has 0 unspecified atom stereocenters. The molecule has 2 aromatic rings. The van der Waals surface area contributed by atoms with Gasteiger partial charge >= 0.3 is 0 Å². The van der Waals surface area contributed by atoms with E-state index in [1.807, 2.05) is 36.1 Å².